The van der Waals surface area contributed by atoms with E-state index >= 15 is 0 Å². The summed E-state index contributed by atoms with van der Waals surface area (Å²) < 4.78 is 2.04. The zero-order valence-electron chi connectivity index (χ0n) is 19.7. The highest BCUT2D eigenvalue weighted by molar-refractivity contribution is 5.67. The van der Waals surface area contributed by atoms with Crippen LogP contribution in [0.25, 0.3) is 28.5 Å². The van der Waals surface area contributed by atoms with Gasteiger partial charge in [-0.1, -0.05) is 92.9 Å². The van der Waals surface area contributed by atoms with Crippen LogP contribution in [0.4, 0.5) is 0 Å². The van der Waals surface area contributed by atoms with Gasteiger partial charge in [0, 0.05) is 11.1 Å². The molecule has 0 radical (unpaired) electrons. The molecule has 0 bridgehead atoms. The first-order valence-electron chi connectivity index (χ1n) is 11.8. The fraction of sp³-hybridized carbons (Fsp3) is 0.310. The van der Waals surface area contributed by atoms with Crippen LogP contribution in [0.1, 0.15) is 54.9 Å². The molecule has 0 amide bonds. The summed E-state index contributed by atoms with van der Waals surface area (Å²) in [5, 5.41) is 5.03. The first-order valence-corrected chi connectivity index (χ1v) is 11.8. The number of unbranched alkanes of at least 4 members (excludes halogenated alkanes) is 3. The van der Waals surface area contributed by atoms with E-state index in [-0.39, 0.29) is 0 Å². The van der Waals surface area contributed by atoms with Gasteiger partial charge in [-0.3, -0.25) is 0 Å². The first kappa shape index (κ1) is 22.0. The third kappa shape index (κ3) is 4.67. The molecule has 32 heavy (non-hydrogen) atoms. The largest absolute Gasteiger partial charge is 0.212 e. The number of nitrogens with zero attached hydrogens (tertiary/aromatic N) is 3. The second kappa shape index (κ2) is 9.95. The van der Waals surface area contributed by atoms with Crippen LogP contribution in [0.3, 0.4) is 0 Å². The number of hydrogen-bond acceptors (Lipinski definition) is 2. The van der Waals surface area contributed by atoms with Crippen molar-refractivity contribution in [1.29, 1.82) is 0 Å². The van der Waals surface area contributed by atoms with Crippen molar-refractivity contribution in [2.75, 3.05) is 0 Å². The summed E-state index contributed by atoms with van der Waals surface area (Å²) in [5.41, 5.74) is 8.37. The molecule has 1 heterocycles. The lowest BCUT2D eigenvalue weighted by Crippen LogP contribution is -2.06. The molecule has 0 aliphatic carbocycles. The lowest BCUT2D eigenvalue weighted by Gasteiger charge is -2.15. The maximum atomic E-state index is 5.03. The normalized spacial score (nSPS) is 11.1. The zero-order chi connectivity index (χ0) is 22.5. The van der Waals surface area contributed by atoms with E-state index in [0.29, 0.717) is 0 Å². The first-order chi connectivity index (χ1) is 15.6. The van der Waals surface area contributed by atoms with Crippen LogP contribution in [0.15, 0.2) is 66.7 Å². The zero-order valence-corrected chi connectivity index (χ0v) is 19.7. The fourth-order valence-corrected chi connectivity index (χ4v) is 4.46. The summed E-state index contributed by atoms with van der Waals surface area (Å²) in [6.07, 6.45) is 6.28. The third-order valence-corrected chi connectivity index (χ3v) is 6.11. The molecule has 0 unspecified atom stereocenters. The van der Waals surface area contributed by atoms with Crippen molar-refractivity contribution in [3.05, 3.63) is 89.0 Å². The van der Waals surface area contributed by atoms with E-state index in [1.165, 1.54) is 47.9 Å². The molecule has 3 heteroatoms. The predicted molar refractivity (Wildman–Crippen MR) is 134 cm³/mol. The van der Waals surface area contributed by atoms with Crippen LogP contribution >= 0.6 is 0 Å². The molecule has 0 spiro atoms. The molecule has 4 rings (SSSR count). The van der Waals surface area contributed by atoms with Gasteiger partial charge in [-0.15, -0.1) is 5.10 Å². The molecule has 0 fully saturated rings. The Morgan fingerprint density at radius 3 is 2.12 bits per heavy atom. The van der Waals surface area contributed by atoms with Crippen molar-refractivity contribution in [3.63, 3.8) is 0 Å². The smallest absolute Gasteiger partial charge is 0.182 e. The van der Waals surface area contributed by atoms with Crippen molar-refractivity contribution in [1.82, 2.24) is 14.8 Å². The Morgan fingerprint density at radius 1 is 0.750 bits per heavy atom. The number of aryl methyl sites for hydroxylation is 4. The Kier molecular flexibility index (Phi) is 6.84. The van der Waals surface area contributed by atoms with Gasteiger partial charge >= 0.3 is 0 Å². The molecular weight excluding hydrogens is 390 g/mol. The van der Waals surface area contributed by atoms with Crippen LogP contribution in [0.5, 0.6) is 0 Å². The van der Waals surface area contributed by atoms with Gasteiger partial charge in [0.15, 0.2) is 11.6 Å². The number of hydrogen-bond donors (Lipinski definition) is 0. The summed E-state index contributed by atoms with van der Waals surface area (Å²) in [5.74, 6) is 1.65. The quantitative estimate of drug-likeness (QED) is 0.272. The second-order valence-electron chi connectivity index (χ2n) is 8.74. The minimum Gasteiger partial charge on any atom is -0.212 e. The van der Waals surface area contributed by atoms with E-state index in [1.54, 1.807) is 0 Å². The van der Waals surface area contributed by atoms with Gasteiger partial charge in [0.25, 0.3) is 0 Å². The minimum atomic E-state index is 0.768. The van der Waals surface area contributed by atoms with E-state index < -0.39 is 0 Å². The third-order valence-electron chi connectivity index (χ3n) is 6.11. The van der Waals surface area contributed by atoms with Crippen molar-refractivity contribution < 1.29 is 0 Å². The minimum absolute atomic E-state index is 0.768. The summed E-state index contributed by atoms with van der Waals surface area (Å²) in [6, 6.07) is 23.3. The van der Waals surface area contributed by atoms with E-state index in [9.17, 15) is 0 Å². The summed E-state index contributed by atoms with van der Waals surface area (Å²) in [7, 11) is 0. The molecular formula is C29H33N3. The Hall–Kier alpha value is -3.20. The highest BCUT2D eigenvalue weighted by Gasteiger charge is 2.19. The molecule has 3 nitrogen and oxygen atoms in total. The molecule has 0 saturated heterocycles. The highest BCUT2D eigenvalue weighted by Crippen LogP contribution is 2.30. The number of aromatic nitrogens is 3. The van der Waals surface area contributed by atoms with Crippen LogP contribution in [0, 0.1) is 20.8 Å². The highest BCUT2D eigenvalue weighted by atomic mass is 15.4. The van der Waals surface area contributed by atoms with Crippen LogP contribution < -0.4 is 0 Å². The molecule has 0 atom stereocenters. The molecule has 0 saturated carbocycles. The van der Waals surface area contributed by atoms with Crippen LogP contribution in [0.2, 0.25) is 0 Å². The van der Waals surface area contributed by atoms with E-state index in [1.807, 2.05) is 10.7 Å². The van der Waals surface area contributed by atoms with Gasteiger partial charge < -0.3 is 0 Å². The van der Waals surface area contributed by atoms with Crippen molar-refractivity contribution >= 4 is 0 Å². The predicted octanol–water partition coefficient (Wildman–Crippen LogP) is 7.65. The molecule has 3 aromatic carbocycles. The van der Waals surface area contributed by atoms with Gasteiger partial charge in [-0.25, -0.2) is 9.67 Å². The molecule has 4 aromatic rings. The summed E-state index contributed by atoms with van der Waals surface area (Å²) in [6.45, 7) is 8.77. The van der Waals surface area contributed by atoms with Crippen LogP contribution in [-0.2, 0) is 6.42 Å². The number of benzene rings is 3. The van der Waals surface area contributed by atoms with E-state index in [2.05, 4.69) is 88.4 Å². The Labute approximate surface area is 192 Å². The molecule has 0 aliphatic heterocycles. The fourth-order valence-electron chi connectivity index (χ4n) is 4.46. The summed E-state index contributed by atoms with van der Waals surface area (Å²) in [4.78, 5) is 5.01. The van der Waals surface area contributed by atoms with Crippen molar-refractivity contribution in [3.8, 4) is 28.5 Å². The van der Waals surface area contributed by atoms with E-state index in [0.717, 1.165) is 34.9 Å². The van der Waals surface area contributed by atoms with Crippen LogP contribution in [-0.4, -0.2) is 14.8 Å². The van der Waals surface area contributed by atoms with Gasteiger partial charge in [0.05, 0.1) is 5.69 Å². The average Bonchev–Trinajstić information content (AvgIpc) is 3.22. The van der Waals surface area contributed by atoms with Gasteiger partial charge in [-0.05, 0) is 55.9 Å². The SMILES string of the molecule is CCCCCCc1cc(C)c(-n2nc(-c3ccccc3C)nc2-c2ccccc2)c(C)c1. The molecule has 1 aromatic heterocycles. The maximum Gasteiger partial charge on any atom is 0.182 e. The standard InChI is InChI=1S/C29H33N3/c1-5-6-7-9-15-24-19-22(3)27(23(4)20-24)32-29(25-16-10-8-11-17-25)30-28(31-32)26-18-13-12-14-21(26)2/h8,10-14,16-20H,5-7,9,15H2,1-4H3. The monoisotopic (exact) mass is 423 g/mol. The van der Waals surface area contributed by atoms with Crippen molar-refractivity contribution in [2.24, 2.45) is 0 Å². The lowest BCUT2D eigenvalue weighted by molar-refractivity contribution is 0.666. The second-order valence-corrected chi connectivity index (χ2v) is 8.74. The summed E-state index contributed by atoms with van der Waals surface area (Å²) >= 11 is 0. The van der Waals surface area contributed by atoms with E-state index in [4.69, 9.17) is 10.1 Å². The average molecular weight is 424 g/mol. The van der Waals surface area contributed by atoms with Crippen molar-refractivity contribution in [2.45, 2.75) is 59.8 Å². The van der Waals surface area contributed by atoms with Gasteiger partial charge in [0.2, 0.25) is 0 Å². The Bertz CT molecular complexity index is 1170. The Balaban J connectivity index is 1.80. The maximum absolute atomic E-state index is 5.03. The number of rotatable bonds is 8. The topological polar surface area (TPSA) is 30.7 Å². The van der Waals surface area contributed by atoms with Gasteiger partial charge in [-0.2, -0.15) is 0 Å². The van der Waals surface area contributed by atoms with Gasteiger partial charge in [0.1, 0.15) is 0 Å². The molecule has 0 aliphatic rings. The Morgan fingerprint density at radius 2 is 1.44 bits per heavy atom. The molecule has 164 valence electrons. The lowest BCUT2D eigenvalue weighted by atomic mass is 9.99. The molecule has 0 N–H and O–H groups in total.